The first-order valence-electron chi connectivity index (χ1n) is 5.86. The third-order valence-electron chi connectivity index (χ3n) is 2.87. The van der Waals surface area contributed by atoms with Crippen molar-refractivity contribution in [2.75, 3.05) is 5.73 Å². The summed E-state index contributed by atoms with van der Waals surface area (Å²) in [4.78, 5) is 0. The lowest BCUT2D eigenvalue weighted by molar-refractivity contribution is 0.632. The van der Waals surface area contributed by atoms with Gasteiger partial charge in [-0.05, 0) is 40.8 Å². The van der Waals surface area contributed by atoms with E-state index >= 15 is 0 Å². The second-order valence-electron chi connectivity index (χ2n) is 4.22. The highest BCUT2D eigenvalue weighted by atomic mass is 35.5. The van der Waals surface area contributed by atoms with E-state index in [0.717, 1.165) is 0 Å². The quantitative estimate of drug-likeness (QED) is 0.734. The highest BCUT2D eigenvalue weighted by Crippen LogP contribution is 2.31. The minimum Gasteiger partial charge on any atom is -0.396 e. The summed E-state index contributed by atoms with van der Waals surface area (Å²) in [6, 6.07) is 9.29. The zero-order valence-electron chi connectivity index (χ0n) is 10.5. The Balaban J connectivity index is 2.20. The Morgan fingerprint density at radius 3 is 2.48 bits per heavy atom. The number of tetrazole rings is 1. The molecule has 0 saturated heterocycles. The SMILES string of the molecule is Nc1cc(-c2nnnn2-c2c(Cl)cccc2Cl)ccc1F. The molecule has 5 nitrogen and oxygen atoms in total. The largest absolute Gasteiger partial charge is 0.396 e. The predicted octanol–water partition coefficient (Wildman–Crippen LogP) is 3.36. The van der Waals surface area contributed by atoms with Gasteiger partial charge >= 0.3 is 0 Å². The van der Waals surface area contributed by atoms with Gasteiger partial charge in [-0.25, -0.2) is 4.39 Å². The number of halogens is 3. The van der Waals surface area contributed by atoms with E-state index < -0.39 is 5.82 Å². The number of hydrogen-bond donors (Lipinski definition) is 1. The Morgan fingerprint density at radius 2 is 1.81 bits per heavy atom. The monoisotopic (exact) mass is 323 g/mol. The average molecular weight is 324 g/mol. The molecule has 1 aromatic heterocycles. The van der Waals surface area contributed by atoms with E-state index in [1.165, 1.54) is 22.9 Å². The number of nitrogen functional groups attached to an aromatic ring is 1. The van der Waals surface area contributed by atoms with Gasteiger partial charge in [0.05, 0.1) is 15.7 Å². The molecule has 0 aliphatic rings. The van der Waals surface area contributed by atoms with E-state index in [4.69, 9.17) is 28.9 Å². The van der Waals surface area contributed by atoms with Crippen LogP contribution in [0, 0.1) is 5.82 Å². The van der Waals surface area contributed by atoms with Gasteiger partial charge < -0.3 is 5.73 Å². The molecular formula is C13H8Cl2FN5. The summed E-state index contributed by atoms with van der Waals surface area (Å²) >= 11 is 12.3. The molecule has 2 aromatic carbocycles. The molecule has 2 N–H and O–H groups in total. The third-order valence-corrected chi connectivity index (χ3v) is 3.48. The lowest BCUT2D eigenvalue weighted by atomic mass is 10.2. The fraction of sp³-hybridized carbons (Fsp3) is 0. The normalized spacial score (nSPS) is 10.8. The number of rotatable bonds is 2. The van der Waals surface area contributed by atoms with Crippen molar-refractivity contribution >= 4 is 28.9 Å². The lowest BCUT2D eigenvalue weighted by Gasteiger charge is -2.09. The fourth-order valence-electron chi connectivity index (χ4n) is 1.89. The molecule has 0 aliphatic carbocycles. The first kappa shape index (κ1) is 13.8. The van der Waals surface area contributed by atoms with Crippen LogP contribution in [0.1, 0.15) is 0 Å². The Morgan fingerprint density at radius 1 is 1.10 bits per heavy atom. The number of nitrogens with two attached hydrogens (primary N) is 1. The topological polar surface area (TPSA) is 69.6 Å². The van der Waals surface area contributed by atoms with Crippen molar-refractivity contribution in [3.05, 3.63) is 52.3 Å². The van der Waals surface area contributed by atoms with Crippen molar-refractivity contribution in [3.8, 4) is 17.1 Å². The zero-order chi connectivity index (χ0) is 15.0. The van der Waals surface area contributed by atoms with Crippen LogP contribution in [0.4, 0.5) is 10.1 Å². The maximum absolute atomic E-state index is 13.3. The Labute approximate surface area is 129 Å². The molecule has 1 heterocycles. The molecule has 0 bridgehead atoms. The van der Waals surface area contributed by atoms with Crippen molar-refractivity contribution in [3.63, 3.8) is 0 Å². The third kappa shape index (κ3) is 2.43. The van der Waals surface area contributed by atoms with E-state index in [-0.39, 0.29) is 5.69 Å². The van der Waals surface area contributed by atoms with E-state index in [2.05, 4.69) is 15.5 Å². The molecule has 3 aromatic rings. The number of anilines is 1. The van der Waals surface area contributed by atoms with Gasteiger partial charge in [0.25, 0.3) is 0 Å². The number of para-hydroxylation sites is 1. The van der Waals surface area contributed by atoms with Gasteiger partial charge in [0.1, 0.15) is 11.5 Å². The second kappa shape index (κ2) is 5.31. The highest BCUT2D eigenvalue weighted by molar-refractivity contribution is 6.37. The van der Waals surface area contributed by atoms with Crippen molar-refractivity contribution in [2.24, 2.45) is 0 Å². The maximum Gasteiger partial charge on any atom is 0.187 e. The van der Waals surface area contributed by atoms with Crippen LogP contribution in [0.5, 0.6) is 0 Å². The van der Waals surface area contributed by atoms with Crippen LogP contribution in [0.2, 0.25) is 10.0 Å². The van der Waals surface area contributed by atoms with Gasteiger partial charge in [0.2, 0.25) is 0 Å². The van der Waals surface area contributed by atoms with Crippen LogP contribution >= 0.6 is 23.2 Å². The first-order chi connectivity index (χ1) is 10.1. The Hall–Kier alpha value is -2.18. The van der Waals surface area contributed by atoms with E-state index in [1.54, 1.807) is 18.2 Å². The highest BCUT2D eigenvalue weighted by Gasteiger charge is 2.16. The zero-order valence-corrected chi connectivity index (χ0v) is 12.0. The lowest BCUT2D eigenvalue weighted by Crippen LogP contribution is -2.02. The number of benzene rings is 2. The molecule has 3 rings (SSSR count). The van der Waals surface area contributed by atoms with Gasteiger partial charge in [0.15, 0.2) is 5.82 Å². The van der Waals surface area contributed by atoms with Crippen LogP contribution in [-0.2, 0) is 0 Å². The smallest absolute Gasteiger partial charge is 0.187 e. The van der Waals surface area contributed by atoms with Crippen molar-refractivity contribution < 1.29 is 4.39 Å². The summed E-state index contributed by atoms with van der Waals surface area (Å²) in [7, 11) is 0. The Kier molecular flexibility index (Phi) is 3.48. The molecule has 0 saturated carbocycles. The van der Waals surface area contributed by atoms with E-state index in [9.17, 15) is 4.39 Å². The molecule has 0 unspecified atom stereocenters. The Bertz CT molecular complexity index is 798. The molecule has 21 heavy (non-hydrogen) atoms. The van der Waals surface area contributed by atoms with Crippen molar-refractivity contribution in [1.29, 1.82) is 0 Å². The minimum atomic E-state index is -0.506. The molecule has 0 amide bonds. The summed E-state index contributed by atoms with van der Waals surface area (Å²) in [5.74, 6) is -0.148. The van der Waals surface area contributed by atoms with Gasteiger partial charge in [-0.1, -0.05) is 29.3 Å². The van der Waals surface area contributed by atoms with Crippen LogP contribution in [0.25, 0.3) is 17.1 Å². The minimum absolute atomic E-state index is 0.00676. The molecule has 0 spiro atoms. The maximum atomic E-state index is 13.3. The molecule has 0 fully saturated rings. The van der Waals surface area contributed by atoms with Crippen LogP contribution in [0.15, 0.2) is 36.4 Å². The molecular weight excluding hydrogens is 316 g/mol. The van der Waals surface area contributed by atoms with Crippen LogP contribution in [0.3, 0.4) is 0 Å². The number of nitrogens with zero attached hydrogens (tertiary/aromatic N) is 4. The van der Waals surface area contributed by atoms with Gasteiger partial charge in [-0.15, -0.1) is 5.10 Å². The van der Waals surface area contributed by atoms with Crippen LogP contribution in [-0.4, -0.2) is 20.2 Å². The van der Waals surface area contributed by atoms with Gasteiger partial charge in [0, 0.05) is 5.56 Å². The molecule has 0 radical (unpaired) electrons. The molecule has 0 atom stereocenters. The number of aromatic nitrogens is 4. The standard InChI is InChI=1S/C13H8Cl2FN5/c14-8-2-1-3-9(15)12(8)21-13(18-19-20-21)7-4-5-10(16)11(17)6-7/h1-6H,17H2. The van der Waals surface area contributed by atoms with Gasteiger partial charge in [-0.2, -0.15) is 4.68 Å². The van der Waals surface area contributed by atoms with E-state index in [1.807, 2.05) is 0 Å². The molecule has 8 heteroatoms. The summed E-state index contributed by atoms with van der Waals surface area (Å²) < 4.78 is 14.7. The van der Waals surface area contributed by atoms with Crippen molar-refractivity contribution in [1.82, 2.24) is 20.2 Å². The average Bonchev–Trinajstić information content (AvgIpc) is 2.91. The van der Waals surface area contributed by atoms with Gasteiger partial charge in [-0.3, -0.25) is 0 Å². The summed E-state index contributed by atoms with van der Waals surface area (Å²) in [5.41, 5.74) is 6.58. The second-order valence-corrected chi connectivity index (χ2v) is 5.04. The summed E-state index contributed by atoms with van der Waals surface area (Å²) in [6.07, 6.45) is 0. The molecule has 106 valence electrons. The predicted molar refractivity (Wildman–Crippen MR) is 79.0 cm³/mol. The summed E-state index contributed by atoms with van der Waals surface area (Å²) in [6.45, 7) is 0. The van der Waals surface area contributed by atoms with Crippen LogP contribution < -0.4 is 5.73 Å². The fourth-order valence-corrected chi connectivity index (χ4v) is 2.45. The summed E-state index contributed by atoms with van der Waals surface area (Å²) in [5, 5.41) is 12.2. The first-order valence-corrected chi connectivity index (χ1v) is 6.61. The van der Waals surface area contributed by atoms with Crippen molar-refractivity contribution in [2.45, 2.75) is 0 Å². The van der Waals surface area contributed by atoms with E-state index in [0.29, 0.717) is 27.1 Å². The number of hydrogen-bond acceptors (Lipinski definition) is 4. The molecule has 0 aliphatic heterocycles.